The zero-order valence-electron chi connectivity index (χ0n) is 18.8. The van der Waals surface area contributed by atoms with Crippen molar-refractivity contribution in [3.8, 4) is 33.4 Å². The van der Waals surface area contributed by atoms with Crippen molar-refractivity contribution in [1.29, 1.82) is 0 Å². The van der Waals surface area contributed by atoms with Crippen LogP contribution in [0.25, 0.3) is 44.3 Å². The minimum absolute atomic E-state index is 1.03. The van der Waals surface area contributed by atoms with Gasteiger partial charge < -0.3 is 0 Å². The molecule has 0 unspecified atom stereocenters. The van der Waals surface area contributed by atoms with E-state index in [1.165, 1.54) is 38.4 Å². The van der Waals surface area contributed by atoms with Crippen LogP contribution in [0, 0.1) is 0 Å². The van der Waals surface area contributed by atoms with E-state index in [4.69, 9.17) is 0 Å². The second-order valence-electron chi connectivity index (χ2n) is 9.40. The van der Waals surface area contributed by atoms with Crippen LogP contribution in [0.15, 0.2) is 109 Å². The maximum Gasteiger partial charge on any atom is 0.0776 e. The third-order valence-corrected chi connectivity index (χ3v) is 8.13. The van der Waals surface area contributed by atoms with Crippen molar-refractivity contribution in [2.45, 2.75) is 19.6 Å². The number of para-hydroxylation sites is 1. The summed E-state index contributed by atoms with van der Waals surface area (Å²) in [5, 5.41) is 2.67. The molecule has 0 atom stereocenters. The summed E-state index contributed by atoms with van der Waals surface area (Å²) in [5.41, 5.74) is 8.40. The summed E-state index contributed by atoms with van der Waals surface area (Å²) in [7, 11) is -1.31. The van der Waals surface area contributed by atoms with Crippen LogP contribution in [-0.4, -0.2) is 13.1 Å². The maximum atomic E-state index is 4.60. The number of nitrogens with zero attached hydrogens (tertiary/aromatic N) is 1. The normalized spacial score (nSPS) is 11.6. The third-order valence-electron chi connectivity index (χ3n) is 6.09. The van der Waals surface area contributed by atoms with Gasteiger partial charge in [-0.15, -0.1) is 0 Å². The first kappa shape index (κ1) is 20.4. The molecule has 1 nitrogen and oxygen atoms in total. The molecule has 0 aliphatic heterocycles. The number of hydrogen-bond acceptors (Lipinski definition) is 1. The van der Waals surface area contributed by atoms with E-state index >= 15 is 0 Å². The summed E-state index contributed by atoms with van der Waals surface area (Å²) in [4.78, 5) is 4.60. The first-order chi connectivity index (χ1) is 15.5. The fraction of sp³-hybridized carbons (Fsp3) is 0.100. The van der Waals surface area contributed by atoms with E-state index in [2.05, 4.69) is 116 Å². The molecule has 1 heterocycles. The average Bonchev–Trinajstić information content (AvgIpc) is 2.83. The highest BCUT2D eigenvalue weighted by molar-refractivity contribution is 6.88. The molecular weight excluding hydrogens is 402 g/mol. The van der Waals surface area contributed by atoms with Crippen LogP contribution in [-0.2, 0) is 0 Å². The Labute approximate surface area is 191 Å². The monoisotopic (exact) mass is 429 g/mol. The third kappa shape index (κ3) is 4.14. The highest BCUT2D eigenvalue weighted by atomic mass is 28.3. The van der Waals surface area contributed by atoms with Crippen molar-refractivity contribution in [3.63, 3.8) is 0 Å². The standard InChI is InChI=1S/C30H27NSi/c1-32(2,3)29-9-6-8-26(20-29)24-15-11-22(12-16-24)23-13-17-25(18-14-23)28-19-27-7-4-5-10-30(27)31-21-28/h4-21H,1-3H3. The van der Waals surface area contributed by atoms with E-state index in [0.717, 1.165) is 11.1 Å². The summed E-state index contributed by atoms with van der Waals surface area (Å²) in [5.74, 6) is 0. The lowest BCUT2D eigenvalue weighted by molar-refractivity contribution is 1.41. The van der Waals surface area contributed by atoms with Gasteiger partial charge in [-0.25, -0.2) is 0 Å². The Morgan fingerprint density at radius 2 is 1.06 bits per heavy atom. The van der Waals surface area contributed by atoms with Gasteiger partial charge in [0.2, 0.25) is 0 Å². The summed E-state index contributed by atoms with van der Waals surface area (Å²) in [6.45, 7) is 7.19. The van der Waals surface area contributed by atoms with Gasteiger partial charge in [0, 0.05) is 17.1 Å². The number of benzene rings is 4. The smallest absolute Gasteiger partial charge is 0.0776 e. The van der Waals surface area contributed by atoms with E-state index in [1.807, 2.05) is 18.3 Å². The zero-order valence-corrected chi connectivity index (χ0v) is 19.8. The molecule has 0 spiro atoms. The largest absolute Gasteiger partial charge is 0.256 e. The predicted molar refractivity (Wildman–Crippen MR) is 141 cm³/mol. The van der Waals surface area contributed by atoms with Crippen molar-refractivity contribution < 1.29 is 0 Å². The molecule has 2 heteroatoms. The van der Waals surface area contributed by atoms with Crippen LogP contribution in [0.5, 0.6) is 0 Å². The summed E-state index contributed by atoms with van der Waals surface area (Å²) in [6.07, 6.45) is 1.96. The van der Waals surface area contributed by atoms with Gasteiger partial charge in [-0.1, -0.05) is 116 Å². The highest BCUT2D eigenvalue weighted by Crippen LogP contribution is 2.28. The van der Waals surface area contributed by atoms with Crippen molar-refractivity contribution >= 4 is 24.2 Å². The number of rotatable bonds is 4. The van der Waals surface area contributed by atoms with Gasteiger partial charge >= 0.3 is 0 Å². The number of pyridine rings is 1. The van der Waals surface area contributed by atoms with Crippen LogP contribution in [0.4, 0.5) is 0 Å². The van der Waals surface area contributed by atoms with E-state index in [-0.39, 0.29) is 0 Å². The molecule has 0 saturated heterocycles. The molecule has 5 rings (SSSR count). The molecule has 156 valence electrons. The lowest BCUT2D eigenvalue weighted by Crippen LogP contribution is -2.37. The predicted octanol–water partition coefficient (Wildman–Crippen LogP) is 7.78. The second-order valence-corrected chi connectivity index (χ2v) is 14.5. The highest BCUT2D eigenvalue weighted by Gasteiger charge is 2.16. The van der Waals surface area contributed by atoms with E-state index < -0.39 is 8.07 Å². The lowest BCUT2D eigenvalue weighted by atomic mass is 9.98. The van der Waals surface area contributed by atoms with Gasteiger partial charge in [0.1, 0.15) is 0 Å². The van der Waals surface area contributed by atoms with Gasteiger partial charge in [-0.05, 0) is 39.9 Å². The van der Waals surface area contributed by atoms with Crippen molar-refractivity contribution in [2.24, 2.45) is 0 Å². The molecule has 0 aliphatic carbocycles. The quantitative estimate of drug-likeness (QED) is 0.266. The van der Waals surface area contributed by atoms with Crippen LogP contribution in [0.2, 0.25) is 19.6 Å². The van der Waals surface area contributed by atoms with Crippen LogP contribution in [0.1, 0.15) is 0 Å². The van der Waals surface area contributed by atoms with Crippen LogP contribution in [0.3, 0.4) is 0 Å². The molecule has 5 aromatic rings. The molecule has 32 heavy (non-hydrogen) atoms. The first-order valence-corrected chi connectivity index (χ1v) is 14.6. The van der Waals surface area contributed by atoms with E-state index in [9.17, 15) is 0 Å². The van der Waals surface area contributed by atoms with Crippen molar-refractivity contribution in [3.05, 3.63) is 109 Å². The number of aromatic nitrogens is 1. The minimum atomic E-state index is -1.31. The Morgan fingerprint density at radius 1 is 0.500 bits per heavy atom. The molecule has 1 aromatic heterocycles. The van der Waals surface area contributed by atoms with Crippen molar-refractivity contribution in [2.75, 3.05) is 0 Å². The van der Waals surface area contributed by atoms with Gasteiger partial charge in [0.25, 0.3) is 0 Å². The molecule has 0 fully saturated rings. The Hall–Kier alpha value is -3.49. The van der Waals surface area contributed by atoms with E-state index in [0.29, 0.717) is 0 Å². The van der Waals surface area contributed by atoms with Gasteiger partial charge in [0.15, 0.2) is 0 Å². The van der Waals surface area contributed by atoms with Gasteiger partial charge in [-0.2, -0.15) is 0 Å². The zero-order chi connectivity index (χ0) is 22.1. The van der Waals surface area contributed by atoms with Crippen LogP contribution < -0.4 is 5.19 Å². The maximum absolute atomic E-state index is 4.60. The lowest BCUT2D eigenvalue weighted by Gasteiger charge is -2.17. The average molecular weight is 430 g/mol. The fourth-order valence-electron chi connectivity index (χ4n) is 4.10. The minimum Gasteiger partial charge on any atom is -0.256 e. The van der Waals surface area contributed by atoms with E-state index in [1.54, 1.807) is 0 Å². The van der Waals surface area contributed by atoms with Gasteiger partial charge in [0.05, 0.1) is 13.6 Å². The Morgan fingerprint density at radius 3 is 1.69 bits per heavy atom. The summed E-state index contributed by atoms with van der Waals surface area (Å²) < 4.78 is 0. The van der Waals surface area contributed by atoms with Crippen LogP contribution >= 0.6 is 0 Å². The molecule has 0 radical (unpaired) electrons. The molecule has 0 bridgehead atoms. The molecule has 0 aliphatic rings. The molecular formula is C30H27NSi. The fourth-order valence-corrected chi connectivity index (χ4v) is 5.29. The SMILES string of the molecule is C[Si](C)(C)c1cccc(-c2ccc(-c3ccc(-c4cnc5ccccc5c4)cc3)cc2)c1. The molecule has 0 N–H and O–H groups in total. The topological polar surface area (TPSA) is 12.9 Å². The Kier molecular flexibility index (Phi) is 5.24. The second kappa shape index (κ2) is 8.21. The summed E-state index contributed by atoms with van der Waals surface area (Å²) >= 11 is 0. The Bertz CT molecular complexity index is 1380. The first-order valence-electron chi connectivity index (χ1n) is 11.1. The van der Waals surface area contributed by atoms with Gasteiger partial charge in [-0.3, -0.25) is 4.98 Å². The molecule has 0 saturated carbocycles. The number of fused-ring (bicyclic) bond motifs is 1. The molecule has 4 aromatic carbocycles. The Balaban J connectivity index is 1.40. The summed E-state index contributed by atoms with van der Waals surface area (Å²) in [6, 6.07) is 37.2. The van der Waals surface area contributed by atoms with Crippen molar-refractivity contribution in [1.82, 2.24) is 4.98 Å². The molecule has 0 amide bonds. The number of hydrogen-bond donors (Lipinski definition) is 0.